The number of benzene rings is 1. The number of allylic oxidation sites excluding steroid dienone is 1. The van der Waals surface area contributed by atoms with Crippen molar-refractivity contribution < 1.29 is 0 Å². The first-order valence-electron chi connectivity index (χ1n) is 11.4. The third-order valence-corrected chi connectivity index (χ3v) is 6.53. The highest BCUT2D eigenvalue weighted by atomic mass is 15.2. The lowest BCUT2D eigenvalue weighted by Gasteiger charge is -2.33. The fourth-order valence-electron chi connectivity index (χ4n) is 4.66. The lowest BCUT2D eigenvalue weighted by Crippen LogP contribution is -2.48. The van der Waals surface area contributed by atoms with Gasteiger partial charge in [-0.3, -0.25) is 9.97 Å². The maximum atomic E-state index is 4.59. The summed E-state index contributed by atoms with van der Waals surface area (Å²) < 4.78 is 0. The van der Waals surface area contributed by atoms with E-state index in [0.717, 1.165) is 52.1 Å². The number of anilines is 1. The number of nitrogens with zero attached hydrogens (tertiary/aromatic N) is 3. The molecule has 164 valence electrons. The Morgan fingerprint density at radius 3 is 2.75 bits per heavy atom. The summed E-state index contributed by atoms with van der Waals surface area (Å²) in [4.78, 5) is 11.5. The number of nitrogens with one attached hydrogen (secondary N) is 2. The topological polar surface area (TPSA) is 53.1 Å². The van der Waals surface area contributed by atoms with Gasteiger partial charge in [0.05, 0.1) is 11.2 Å². The molecule has 0 amide bonds. The number of hydrogen-bond donors (Lipinski definition) is 2. The smallest absolute Gasteiger partial charge is 0.0723 e. The van der Waals surface area contributed by atoms with E-state index in [1.165, 1.54) is 13.0 Å². The minimum Gasteiger partial charge on any atom is -0.355 e. The minimum atomic E-state index is 0.00557. The molecule has 3 heterocycles. The average Bonchev–Trinajstić information content (AvgIpc) is 3.20. The number of likely N-dealkylation sites (tertiary alicyclic amines) is 1. The Balaban J connectivity index is 1.35. The van der Waals surface area contributed by atoms with E-state index in [0.29, 0.717) is 6.04 Å². The number of pyridine rings is 2. The molecule has 32 heavy (non-hydrogen) atoms. The molecule has 2 atom stereocenters. The summed E-state index contributed by atoms with van der Waals surface area (Å²) >= 11 is 0. The molecule has 0 radical (unpaired) electrons. The molecule has 2 aromatic heterocycles. The van der Waals surface area contributed by atoms with Gasteiger partial charge >= 0.3 is 0 Å². The van der Waals surface area contributed by atoms with Crippen molar-refractivity contribution >= 4 is 16.6 Å². The van der Waals surface area contributed by atoms with Crippen LogP contribution in [0.4, 0.5) is 5.69 Å². The van der Waals surface area contributed by atoms with Gasteiger partial charge in [0.25, 0.3) is 0 Å². The summed E-state index contributed by atoms with van der Waals surface area (Å²) in [7, 11) is 2.20. The first-order chi connectivity index (χ1) is 15.5. The van der Waals surface area contributed by atoms with Crippen LogP contribution in [-0.4, -0.2) is 46.6 Å². The van der Waals surface area contributed by atoms with Crippen molar-refractivity contribution in [1.29, 1.82) is 0 Å². The normalized spacial score (nSPS) is 23.5. The summed E-state index contributed by atoms with van der Waals surface area (Å²) in [6.07, 6.45) is 12.8. The maximum Gasteiger partial charge on any atom is 0.0723 e. The molecule has 5 rings (SSSR count). The van der Waals surface area contributed by atoms with Gasteiger partial charge in [-0.15, -0.1) is 0 Å². The molecule has 1 aliphatic heterocycles. The second-order valence-electron chi connectivity index (χ2n) is 9.44. The molecule has 5 nitrogen and oxygen atoms in total. The molecule has 1 aliphatic carbocycles. The SMILES string of the molecule is Cc1ccc(-c2ccc3nccc(NC4=CCC(C)(NC5CCN(C)C5)C=C4)c3c2)nc1. The van der Waals surface area contributed by atoms with Crippen LogP contribution in [0.3, 0.4) is 0 Å². The molecule has 2 unspecified atom stereocenters. The second-order valence-corrected chi connectivity index (χ2v) is 9.44. The molecular weight excluding hydrogens is 394 g/mol. The summed E-state index contributed by atoms with van der Waals surface area (Å²) in [5, 5.41) is 8.58. The predicted octanol–water partition coefficient (Wildman–Crippen LogP) is 4.91. The van der Waals surface area contributed by atoms with E-state index >= 15 is 0 Å². The maximum absolute atomic E-state index is 4.59. The van der Waals surface area contributed by atoms with E-state index in [1.807, 2.05) is 18.5 Å². The van der Waals surface area contributed by atoms with Gasteiger partial charge in [0.2, 0.25) is 0 Å². The highest BCUT2D eigenvalue weighted by Crippen LogP contribution is 2.30. The first-order valence-corrected chi connectivity index (χ1v) is 11.4. The average molecular weight is 426 g/mol. The van der Waals surface area contributed by atoms with Crippen LogP contribution in [0.25, 0.3) is 22.2 Å². The summed E-state index contributed by atoms with van der Waals surface area (Å²) in [6.45, 7) is 6.65. The van der Waals surface area contributed by atoms with E-state index in [-0.39, 0.29) is 5.54 Å². The molecule has 1 fully saturated rings. The third kappa shape index (κ3) is 4.45. The van der Waals surface area contributed by atoms with Gasteiger partial charge < -0.3 is 15.5 Å². The number of fused-ring (bicyclic) bond motifs is 1. The molecule has 0 spiro atoms. The third-order valence-electron chi connectivity index (χ3n) is 6.53. The highest BCUT2D eigenvalue weighted by Gasteiger charge is 2.29. The van der Waals surface area contributed by atoms with E-state index in [9.17, 15) is 0 Å². The van der Waals surface area contributed by atoms with Gasteiger partial charge in [-0.2, -0.15) is 0 Å². The Bertz CT molecular complexity index is 1180. The van der Waals surface area contributed by atoms with E-state index < -0.39 is 0 Å². The predicted molar refractivity (Wildman–Crippen MR) is 133 cm³/mol. The lowest BCUT2D eigenvalue weighted by molar-refractivity contribution is 0.349. The summed E-state index contributed by atoms with van der Waals surface area (Å²) in [6, 6.07) is 13.1. The molecule has 2 N–H and O–H groups in total. The number of rotatable bonds is 5. The van der Waals surface area contributed by atoms with Gasteiger partial charge in [0.1, 0.15) is 0 Å². The monoisotopic (exact) mass is 425 g/mol. The molecule has 3 aromatic rings. The van der Waals surface area contributed by atoms with Crippen LogP contribution < -0.4 is 10.6 Å². The fourth-order valence-corrected chi connectivity index (χ4v) is 4.66. The molecule has 2 aliphatic rings. The minimum absolute atomic E-state index is 0.00557. The van der Waals surface area contributed by atoms with E-state index in [4.69, 9.17) is 0 Å². The second kappa shape index (κ2) is 8.49. The first kappa shape index (κ1) is 20.9. The highest BCUT2D eigenvalue weighted by molar-refractivity contribution is 5.94. The number of aryl methyl sites for hydroxylation is 1. The Morgan fingerprint density at radius 1 is 1.12 bits per heavy atom. The Kier molecular flexibility index (Phi) is 5.53. The van der Waals surface area contributed by atoms with Crippen LogP contribution in [0.1, 0.15) is 25.3 Å². The van der Waals surface area contributed by atoms with Crippen molar-refractivity contribution in [2.24, 2.45) is 0 Å². The molecule has 5 heteroatoms. The lowest BCUT2D eigenvalue weighted by atomic mass is 9.91. The zero-order valence-corrected chi connectivity index (χ0v) is 19.1. The molecular formula is C27H31N5. The summed E-state index contributed by atoms with van der Waals surface area (Å²) in [5.41, 5.74) is 6.40. The Morgan fingerprint density at radius 2 is 2.03 bits per heavy atom. The zero-order chi connectivity index (χ0) is 22.1. The van der Waals surface area contributed by atoms with Gasteiger partial charge in [-0.25, -0.2) is 0 Å². The molecule has 1 saturated heterocycles. The van der Waals surface area contributed by atoms with Crippen LogP contribution in [0.5, 0.6) is 0 Å². The van der Waals surface area contributed by atoms with Crippen molar-refractivity contribution in [2.45, 2.75) is 38.3 Å². The van der Waals surface area contributed by atoms with Crippen LogP contribution in [-0.2, 0) is 0 Å². The zero-order valence-electron chi connectivity index (χ0n) is 19.1. The van der Waals surface area contributed by atoms with Crippen molar-refractivity contribution in [2.75, 3.05) is 25.5 Å². The van der Waals surface area contributed by atoms with Gasteiger partial charge in [0.15, 0.2) is 0 Å². The van der Waals surface area contributed by atoms with Crippen molar-refractivity contribution in [3.05, 3.63) is 78.3 Å². The molecule has 0 bridgehead atoms. The number of hydrogen-bond acceptors (Lipinski definition) is 5. The van der Waals surface area contributed by atoms with Crippen molar-refractivity contribution in [3.8, 4) is 11.3 Å². The standard InChI is InChI=1S/C27H31N5/c1-19-4-6-24(29-17-19)20-5-7-25-23(16-20)26(10-14-28-25)30-21-8-12-27(2,13-9-21)31-22-11-15-32(3)18-22/h4-10,12,14,16-17,22,31H,11,13,15,18H2,1-3H3,(H,28,30). The van der Waals surface area contributed by atoms with E-state index in [1.54, 1.807) is 0 Å². The number of aromatic nitrogens is 2. The largest absolute Gasteiger partial charge is 0.355 e. The van der Waals surface area contributed by atoms with Gasteiger partial charge in [-0.05, 0) is 76.2 Å². The quantitative estimate of drug-likeness (QED) is 0.608. The van der Waals surface area contributed by atoms with Gasteiger partial charge in [-0.1, -0.05) is 24.3 Å². The van der Waals surface area contributed by atoms with Crippen molar-refractivity contribution in [3.63, 3.8) is 0 Å². The fraction of sp³-hybridized carbons (Fsp3) is 0.333. The van der Waals surface area contributed by atoms with Crippen LogP contribution in [0.2, 0.25) is 0 Å². The Hall–Kier alpha value is -3.02. The van der Waals surface area contributed by atoms with E-state index in [2.05, 4.69) is 95.0 Å². The Labute approximate surface area is 190 Å². The van der Waals surface area contributed by atoms with Crippen molar-refractivity contribution in [1.82, 2.24) is 20.2 Å². The number of likely N-dealkylation sites (N-methyl/N-ethyl adjacent to an activating group) is 1. The molecule has 0 saturated carbocycles. The summed E-state index contributed by atoms with van der Waals surface area (Å²) in [5.74, 6) is 0. The van der Waals surface area contributed by atoms with Gasteiger partial charge in [0, 0.05) is 52.9 Å². The molecule has 1 aromatic carbocycles. The van der Waals surface area contributed by atoms with Crippen LogP contribution in [0.15, 0.2) is 72.7 Å². The van der Waals surface area contributed by atoms with Crippen LogP contribution >= 0.6 is 0 Å². The van der Waals surface area contributed by atoms with Crippen LogP contribution in [0, 0.1) is 6.92 Å².